The van der Waals surface area contributed by atoms with Crippen LogP contribution in [-0.2, 0) is 9.53 Å². The van der Waals surface area contributed by atoms with E-state index in [-0.39, 0.29) is 18.6 Å². The van der Waals surface area contributed by atoms with Gasteiger partial charge in [-0.15, -0.1) is 0 Å². The van der Waals surface area contributed by atoms with E-state index in [1.54, 1.807) is 39.2 Å². The van der Waals surface area contributed by atoms with Crippen LogP contribution < -0.4 is 5.32 Å². The summed E-state index contributed by atoms with van der Waals surface area (Å²) in [7, 11) is 1.64. The molecule has 0 bridgehead atoms. The minimum Gasteiger partial charge on any atom is -0.389 e. The first-order valence-corrected chi connectivity index (χ1v) is 7.47. The molecule has 0 aliphatic rings. The number of nitrogens with one attached hydrogen (secondary N) is 1. The zero-order valence-corrected chi connectivity index (χ0v) is 14.0. The van der Waals surface area contributed by atoms with Crippen molar-refractivity contribution in [3.8, 4) is 0 Å². The first-order chi connectivity index (χ1) is 10.2. The molecule has 0 aliphatic carbocycles. The van der Waals surface area contributed by atoms with E-state index in [4.69, 9.17) is 4.74 Å². The van der Waals surface area contributed by atoms with Crippen molar-refractivity contribution in [1.82, 2.24) is 5.32 Å². The van der Waals surface area contributed by atoms with E-state index in [2.05, 4.69) is 5.32 Å². The molecule has 0 aromatic carbocycles. The standard InChI is InChI=1S/C17H29NO4/c1-14(22-4)9-5-6-10-15(19)11-7-8-12-16(20)18-13-17(2,3)21/h5-6,8-10,12,14-15,19,21H,7,11,13H2,1-4H3,(H,18,20)/b9-5+,10-6+,12-8+. The van der Waals surface area contributed by atoms with E-state index in [0.29, 0.717) is 12.8 Å². The zero-order chi connectivity index (χ0) is 17.0. The van der Waals surface area contributed by atoms with Gasteiger partial charge in [-0.3, -0.25) is 4.79 Å². The summed E-state index contributed by atoms with van der Waals surface area (Å²) in [4.78, 5) is 11.4. The lowest BCUT2D eigenvalue weighted by atomic mass is 10.1. The van der Waals surface area contributed by atoms with Crippen LogP contribution in [0.25, 0.3) is 0 Å². The van der Waals surface area contributed by atoms with Gasteiger partial charge in [0.05, 0.1) is 17.8 Å². The summed E-state index contributed by atoms with van der Waals surface area (Å²) < 4.78 is 5.05. The van der Waals surface area contributed by atoms with Gasteiger partial charge in [-0.05, 0) is 39.7 Å². The summed E-state index contributed by atoms with van der Waals surface area (Å²) >= 11 is 0. The lowest BCUT2D eigenvalue weighted by molar-refractivity contribution is -0.117. The second-order valence-corrected chi connectivity index (χ2v) is 5.79. The average molecular weight is 311 g/mol. The molecule has 2 unspecified atom stereocenters. The lowest BCUT2D eigenvalue weighted by Crippen LogP contribution is -2.37. The van der Waals surface area contributed by atoms with Crippen LogP contribution in [0.2, 0.25) is 0 Å². The second-order valence-electron chi connectivity index (χ2n) is 5.79. The molecule has 5 heteroatoms. The molecule has 2 atom stereocenters. The molecule has 126 valence electrons. The van der Waals surface area contributed by atoms with Crippen molar-refractivity contribution in [2.24, 2.45) is 0 Å². The number of methoxy groups -OCH3 is 1. The van der Waals surface area contributed by atoms with Gasteiger partial charge in [0.2, 0.25) is 5.91 Å². The Morgan fingerprint density at radius 3 is 2.55 bits per heavy atom. The number of hydrogen-bond donors (Lipinski definition) is 3. The molecule has 3 N–H and O–H groups in total. The number of amides is 1. The average Bonchev–Trinajstić information content (AvgIpc) is 2.45. The van der Waals surface area contributed by atoms with Crippen molar-refractivity contribution in [1.29, 1.82) is 0 Å². The zero-order valence-electron chi connectivity index (χ0n) is 14.0. The third-order valence-electron chi connectivity index (χ3n) is 2.79. The maximum atomic E-state index is 11.4. The van der Waals surface area contributed by atoms with E-state index in [9.17, 15) is 15.0 Å². The number of allylic oxidation sites excluding steroid dienone is 3. The largest absolute Gasteiger partial charge is 0.389 e. The Bertz CT molecular complexity index is 394. The highest BCUT2D eigenvalue weighted by atomic mass is 16.5. The molecule has 0 saturated heterocycles. The Balaban J connectivity index is 3.89. The summed E-state index contributed by atoms with van der Waals surface area (Å²) in [6.07, 6.45) is 11.0. The number of hydrogen-bond acceptors (Lipinski definition) is 4. The minimum absolute atomic E-state index is 0.0483. The molecule has 0 aliphatic heterocycles. The van der Waals surface area contributed by atoms with Gasteiger partial charge in [0, 0.05) is 13.7 Å². The summed E-state index contributed by atoms with van der Waals surface area (Å²) in [5, 5.41) is 21.8. The fraction of sp³-hybridized carbons (Fsp3) is 0.588. The number of aliphatic hydroxyl groups excluding tert-OH is 1. The highest BCUT2D eigenvalue weighted by Crippen LogP contribution is 2.01. The van der Waals surface area contributed by atoms with Gasteiger partial charge >= 0.3 is 0 Å². The van der Waals surface area contributed by atoms with E-state index < -0.39 is 11.7 Å². The Morgan fingerprint density at radius 1 is 1.32 bits per heavy atom. The number of carbonyl (C=O) groups is 1. The van der Waals surface area contributed by atoms with Gasteiger partial charge in [0.25, 0.3) is 0 Å². The van der Waals surface area contributed by atoms with Crippen LogP contribution in [0.15, 0.2) is 36.5 Å². The predicted octanol–water partition coefficient (Wildman–Crippen LogP) is 1.72. The van der Waals surface area contributed by atoms with E-state index >= 15 is 0 Å². The maximum Gasteiger partial charge on any atom is 0.243 e. The lowest BCUT2D eigenvalue weighted by Gasteiger charge is -2.16. The molecule has 0 aromatic heterocycles. The van der Waals surface area contributed by atoms with Crippen LogP contribution >= 0.6 is 0 Å². The molecule has 0 rings (SSSR count). The quantitative estimate of drug-likeness (QED) is 0.424. The summed E-state index contributed by atoms with van der Waals surface area (Å²) in [5.74, 6) is -0.247. The SMILES string of the molecule is COC(C)/C=C/C=C/C(O)CC/C=C/C(=O)NCC(C)(C)O. The Labute approximate surface area is 133 Å². The van der Waals surface area contributed by atoms with Crippen LogP contribution in [0, 0.1) is 0 Å². The minimum atomic E-state index is -0.918. The van der Waals surface area contributed by atoms with Crippen molar-refractivity contribution in [2.75, 3.05) is 13.7 Å². The van der Waals surface area contributed by atoms with E-state index in [1.807, 2.05) is 19.1 Å². The Morgan fingerprint density at radius 2 is 1.95 bits per heavy atom. The van der Waals surface area contributed by atoms with Crippen molar-refractivity contribution in [3.05, 3.63) is 36.5 Å². The topological polar surface area (TPSA) is 78.8 Å². The van der Waals surface area contributed by atoms with Gasteiger partial charge in [0.15, 0.2) is 0 Å². The summed E-state index contributed by atoms with van der Waals surface area (Å²) in [6.45, 7) is 5.38. The van der Waals surface area contributed by atoms with Crippen molar-refractivity contribution < 1.29 is 19.7 Å². The van der Waals surface area contributed by atoms with E-state index in [1.165, 1.54) is 6.08 Å². The van der Waals surface area contributed by atoms with Gasteiger partial charge in [-0.1, -0.05) is 30.4 Å². The molecule has 0 radical (unpaired) electrons. The van der Waals surface area contributed by atoms with Crippen molar-refractivity contribution in [2.45, 2.75) is 51.4 Å². The van der Waals surface area contributed by atoms with Crippen LogP contribution in [0.5, 0.6) is 0 Å². The Hall–Kier alpha value is -1.43. The third kappa shape index (κ3) is 13.5. The third-order valence-corrected chi connectivity index (χ3v) is 2.79. The fourth-order valence-electron chi connectivity index (χ4n) is 1.41. The van der Waals surface area contributed by atoms with Crippen LogP contribution in [0.3, 0.4) is 0 Å². The van der Waals surface area contributed by atoms with Gasteiger partial charge in [-0.25, -0.2) is 0 Å². The normalized spacial score (nSPS) is 15.7. The molecule has 22 heavy (non-hydrogen) atoms. The van der Waals surface area contributed by atoms with E-state index in [0.717, 1.165) is 0 Å². The fourth-order valence-corrected chi connectivity index (χ4v) is 1.41. The molecule has 5 nitrogen and oxygen atoms in total. The highest BCUT2D eigenvalue weighted by molar-refractivity contribution is 5.87. The summed E-state index contributed by atoms with van der Waals surface area (Å²) in [6, 6.07) is 0. The molecule has 0 fully saturated rings. The van der Waals surface area contributed by atoms with Gasteiger partial charge in [0.1, 0.15) is 0 Å². The second kappa shape index (κ2) is 11.2. The molecule has 0 aromatic rings. The van der Waals surface area contributed by atoms with Crippen LogP contribution in [0.1, 0.15) is 33.6 Å². The molecular formula is C17H29NO4. The first kappa shape index (κ1) is 20.6. The summed E-state index contributed by atoms with van der Waals surface area (Å²) in [5.41, 5.74) is -0.918. The number of ether oxygens (including phenoxy) is 1. The molecule has 0 spiro atoms. The Kier molecular flexibility index (Phi) is 10.5. The maximum absolute atomic E-state index is 11.4. The molecular weight excluding hydrogens is 282 g/mol. The first-order valence-electron chi connectivity index (χ1n) is 7.47. The van der Waals surface area contributed by atoms with Gasteiger partial charge < -0.3 is 20.3 Å². The van der Waals surface area contributed by atoms with Gasteiger partial charge in [-0.2, -0.15) is 0 Å². The number of rotatable bonds is 10. The monoisotopic (exact) mass is 311 g/mol. The van der Waals surface area contributed by atoms with Crippen LogP contribution in [0.4, 0.5) is 0 Å². The smallest absolute Gasteiger partial charge is 0.243 e. The molecule has 1 amide bonds. The molecule has 0 saturated carbocycles. The van der Waals surface area contributed by atoms with Crippen molar-refractivity contribution >= 4 is 5.91 Å². The molecule has 0 heterocycles. The van der Waals surface area contributed by atoms with Crippen LogP contribution in [-0.4, -0.2) is 47.6 Å². The number of aliphatic hydroxyl groups is 2. The predicted molar refractivity (Wildman–Crippen MR) is 88.4 cm³/mol. The highest BCUT2D eigenvalue weighted by Gasteiger charge is 2.12. The number of carbonyl (C=O) groups excluding carboxylic acids is 1. The van der Waals surface area contributed by atoms with Crippen molar-refractivity contribution in [3.63, 3.8) is 0 Å².